The van der Waals surface area contributed by atoms with Crippen molar-refractivity contribution in [2.45, 2.75) is 18.9 Å². The second-order valence-corrected chi connectivity index (χ2v) is 4.50. The molecule has 1 atom stereocenters. The number of H-pyrrole nitrogens is 1. The molecule has 1 fully saturated rings. The minimum Gasteiger partial charge on any atom is -0.341 e. The van der Waals surface area contributed by atoms with Gasteiger partial charge < -0.3 is 9.88 Å². The highest BCUT2D eigenvalue weighted by molar-refractivity contribution is 5.92. The lowest BCUT2D eigenvalue weighted by molar-refractivity contribution is 0.0667. The molecule has 2 aromatic rings. The monoisotopic (exact) mass is 245 g/mol. The van der Waals surface area contributed by atoms with E-state index < -0.39 is 0 Å². The fourth-order valence-electron chi connectivity index (χ4n) is 2.39. The van der Waals surface area contributed by atoms with Crippen molar-refractivity contribution >= 4 is 5.91 Å². The van der Waals surface area contributed by atoms with Gasteiger partial charge in [0.2, 0.25) is 0 Å². The summed E-state index contributed by atoms with van der Waals surface area (Å²) in [5.41, 5.74) is 0.552. The van der Waals surface area contributed by atoms with E-state index in [0.29, 0.717) is 12.2 Å². The van der Waals surface area contributed by atoms with E-state index >= 15 is 0 Å². The zero-order valence-electron chi connectivity index (χ0n) is 9.99. The van der Waals surface area contributed by atoms with Gasteiger partial charge in [-0.2, -0.15) is 5.10 Å². The minimum atomic E-state index is 0.0179. The van der Waals surface area contributed by atoms with Crippen molar-refractivity contribution in [3.8, 4) is 0 Å². The molecule has 0 radical (unpaired) electrons. The van der Waals surface area contributed by atoms with E-state index in [2.05, 4.69) is 15.1 Å². The average Bonchev–Trinajstić information content (AvgIpc) is 3.11. The molecule has 3 rings (SSSR count). The second-order valence-electron chi connectivity index (χ2n) is 4.50. The first-order valence-electron chi connectivity index (χ1n) is 6.11. The summed E-state index contributed by atoms with van der Waals surface area (Å²) in [7, 11) is 0. The van der Waals surface area contributed by atoms with E-state index in [9.17, 15) is 4.79 Å². The summed E-state index contributed by atoms with van der Waals surface area (Å²) < 4.78 is 1.94. The molecule has 1 unspecified atom stereocenters. The van der Waals surface area contributed by atoms with Gasteiger partial charge in [0.25, 0.3) is 5.91 Å². The number of imidazole rings is 1. The Balaban J connectivity index is 1.73. The number of carbonyl (C=O) groups excluding carboxylic acids is 1. The molecule has 1 aliphatic heterocycles. The SMILES string of the molecule is O=C(c1cnc[nH]1)N1CCCC(n2cccn2)C1. The first kappa shape index (κ1) is 11.0. The van der Waals surface area contributed by atoms with Gasteiger partial charge in [0, 0.05) is 25.5 Å². The van der Waals surface area contributed by atoms with Gasteiger partial charge in [-0.15, -0.1) is 0 Å². The van der Waals surface area contributed by atoms with Crippen LogP contribution in [0.4, 0.5) is 0 Å². The smallest absolute Gasteiger partial charge is 0.271 e. The van der Waals surface area contributed by atoms with Crippen molar-refractivity contribution in [2.24, 2.45) is 0 Å². The van der Waals surface area contributed by atoms with Crippen LogP contribution in [0.1, 0.15) is 29.4 Å². The molecule has 1 N–H and O–H groups in total. The largest absolute Gasteiger partial charge is 0.341 e. The Morgan fingerprint density at radius 3 is 3.17 bits per heavy atom. The lowest BCUT2D eigenvalue weighted by atomic mass is 10.1. The molecule has 1 amide bonds. The first-order chi connectivity index (χ1) is 8.84. The summed E-state index contributed by atoms with van der Waals surface area (Å²) >= 11 is 0. The number of rotatable bonds is 2. The van der Waals surface area contributed by atoms with Gasteiger partial charge in [-0.3, -0.25) is 9.48 Å². The fourth-order valence-corrected chi connectivity index (χ4v) is 2.39. The Morgan fingerprint density at radius 1 is 1.50 bits per heavy atom. The summed E-state index contributed by atoms with van der Waals surface area (Å²) in [6.07, 6.45) is 8.89. The van der Waals surface area contributed by atoms with E-state index in [4.69, 9.17) is 0 Å². The third-order valence-electron chi connectivity index (χ3n) is 3.31. The summed E-state index contributed by atoms with van der Waals surface area (Å²) in [6, 6.07) is 2.19. The predicted octanol–water partition coefficient (Wildman–Crippen LogP) is 1.08. The number of piperidine rings is 1. The van der Waals surface area contributed by atoms with Crippen LogP contribution in [0.2, 0.25) is 0 Å². The number of carbonyl (C=O) groups is 1. The number of likely N-dealkylation sites (tertiary alicyclic amines) is 1. The first-order valence-corrected chi connectivity index (χ1v) is 6.11. The van der Waals surface area contributed by atoms with Crippen LogP contribution < -0.4 is 0 Å². The van der Waals surface area contributed by atoms with Gasteiger partial charge in [0.1, 0.15) is 5.69 Å². The predicted molar refractivity (Wildman–Crippen MR) is 65.0 cm³/mol. The molecule has 0 spiro atoms. The van der Waals surface area contributed by atoms with E-state index in [0.717, 1.165) is 19.4 Å². The van der Waals surface area contributed by atoms with Crippen LogP contribution >= 0.6 is 0 Å². The molecule has 1 saturated heterocycles. The van der Waals surface area contributed by atoms with Crippen molar-refractivity contribution < 1.29 is 4.79 Å². The van der Waals surface area contributed by atoms with Crippen molar-refractivity contribution in [1.82, 2.24) is 24.6 Å². The lowest BCUT2D eigenvalue weighted by Crippen LogP contribution is -2.41. The Morgan fingerprint density at radius 2 is 2.44 bits per heavy atom. The molecule has 1 aliphatic rings. The van der Waals surface area contributed by atoms with Crippen molar-refractivity contribution in [2.75, 3.05) is 13.1 Å². The highest BCUT2D eigenvalue weighted by atomic mass is 16.2. The number of hydrogen-bond donors (Lipinski definition) is 1. The van der Waals surface area contributed by atoms with E-state index in [1.807, 2.05) is 21.8 Å². The number of nitrogens with zero attached hydrogens (tertiary/aromatic N) is 4. The Kier molecular flexibility index (Phi) is 2.84. The van der Waals surface area contributed by atoms with E-state index in [1.54, 1.807) is 12.4 Å². The summed E-state index contributed by atoms with van der Waals surface area (Å²) in [5, 5.41) is 4.25. The topological polar surface area (TPSA) is 66.8 Å². The minimum absolute atomic E-state index is 0.0179. The third kappa shape index (κ3) is 2.01. The molecule has 0 saturated carbocycles. The standard InChI is InChI=1S/C12H15N5O/c18-12(11-7-13-9-14-11)16-5-1-3-10(8-16)17-6-2-4-15-17/h2,4,6-7,9-10H,1,3,5,8H2,(H,13,14). The van der Waals surface area contributed by atoms with Gasteiger partial charge in [-0.1, -0.05) is 0 Å². The molecule has 6 heteroatoms. The fraction of sp³-hybridized carbons (Fsp3) is 0.417. The maximum Gasteiger partial charge on any atom is 0.271 e. The number of aromatic nitrogens is 4. The summed E-state index contributed by atoms with van der Waals surface area (Å²) in [4.78, 5) is 20.8. The molecule has 0 aliphatic carbocycles. The zero-order valence-corrected chi connectivity index (χ0v) is 9.99. The Hall–Kier alpha value is -2.11. The van der Waals surface area contributed by atoms with Crippen molar-refractivity contribution in [3.05, 3.63) is 36.7 Å². The number of aromatic amines is 1. The Labute approximate surface area is 105 Å². The highest BCUT2D eigenvalue weighted by Crippen LogP contribution is 2.21. The van der Waals surface area contributed by atoms with Crippen LogP contribution in [0.25, 0.3) is 0 Å². The van der Waals surface area contributed by atoms with Gasteiger partial charge in [-0.25, -0.2) is 4.98 Å². The molecule has 94 valence electrons. The number of hydrogen-bond acceptors (Lipinski definition) is 3. The van der Waals surface area contributed by atoms with E-state index in [1.165, 1.54) is 6.33 Å². The maximum atomic E-state index is 12.2. The van der Waals surface area contributed by atoms with Crippen LogP contribution in [-0.2, 0) is 0 Å². The summed E-state index contributed by atoms with van der Waals surface area (Å²) in [6.45, 7) is 1.51. The molecule has 2 aromatic heterocycles. The molecular weight excluding hydrogens is 230 g/mol. The second kappa shape index (κ2) is 4.64. The molecule has 6 nitrogen and oxygen atoms in total. The van der Waals surface area contributed by atoms with Crippen LogP contribution in [0.5, 0.6) is 0 Å². The average molecular weight is 245 g/mol. The molecular formula is C12H15N5O. The molecule has 0 aromatic carbocycles. The number of nitrogens with one attached hydrogen (secondary N) is 1. The highest BCUT2D eigenvalue weighted by Gasteiger charge is 2.26. The molecule has 18 heavy (non-hydrogen) atoms. The molecule has 0 bridgehead atoms. The zero-order chi connectivity index (χ0) is 12.4. The van der Waals surface area contributed by atoms with Crippen LogP contribution in [0.3, 0.4) is 0 Å². The van der Waals surface area contributed by atoms with Crippen LogP contribution in [0, 0.1) is 0 Å². The maximum absolute atomic E-state index is 12.2. The Bertz CT molecular complexity index is 505. The van der Waals surface area contributed by atoms with Gasteiger partial charge >= 0.3 is 0 Å². The van der Waals surface area contributed by atoms with Crippen LogP contribution in [-0.4, -0.2) is 43.6 Å². The van der Waals surface area contributed by atoms with Crippen molar-refractivity contribution in [3.63, 3.8) is 0 Å². The number of amides is 1. The quantitative estimate of drug-likeness (QED) is 0.861. The molecule has 3 heterocycles. The summed E-state index contributed by atoms with van der Waals surface area (Å²) in [5.74, 6) is 0.0179. The van der Waals surface area contributed by atoms with Gasteiger partial charge in [-0.05, 0) is 18.9 Å². The normalized spacial score (nSPS) is 20.0. The van der Waals surface area contributed by atoms with Crippen molar-refractivity contribution in [1.29, 1.82) is 0 Å². The van der Waals surface area contributed by atoms with Gasteiger partial charge in [0.15, 0.2) is 0 Å². The van der Waals surface area contributed by atoms with Crippen LogP contribution in [0.15, 0.2) is 31.0 Å². The van der Waals surface area contributed by atoms with E-state index in [-0.39, 0.29) is 11.9 Å². The van der Waals surface area contributed by atoms with Gasteiger partial charge in [0.05, 0.1) is 18.6 Å². The third-order valence-corrected chi connectivity index (χ3v) is 3.31. The lowest BCUT2D eigenvalue weighted by Gasteiger charge is -2.32.